The zero-order chi connectivity index (χ0) is 27.1. The largest absolute Gasteiger partial charge is 0.481 e. The van der Waals surface area contributed by atoms with E-state index in [0.717, 1.165) is 48.8 Å². The van der Waals surface area contributed by atoms with Gasteiger partial charge in [0.25, 0.3) is 5.24 Å². The molecule has 0 spiro atoms. The van der Waals surface area contributed by atoms with Crippen LogP contribution < -0.4 is 0 Å². The number of Topliss-reactive ketones (excluding diaryl/α,β-unsaturated/α-hetero) is 2. The Morgan fingerprint density at radius 1 is 1.00 bits per heavy atom. The number of allylic oxidation sites excluding steroid dienone is 3. The number of aromatic nitrogens is 1. The minimum atomic E-state index is -1.09. The van der Waals surface area contributed by atoms with Gasteiger partial charge in [-0.25, -0.2) is 9.78 Å². The number of fused-ring (bicyclic) bond motifs is 2. The van der Waals surface area contributed by atoms with Crippen LogP contribution in [-0.4, -0.2) is 62.4 Å². The topological polar surface area (TPSA) is 142 Å². The highest BCUT2D eigenvalue weighted by Crippen LogP contribution is 2.50. The van der Waals surface area contributed by atoms with Gasteiger partial charge in [-0.2, -0.15) is 0 Å². The van der Waals surface area contributed by atoms with Crippen LogP contribution in [0.3, 0.4) is 0 Å². The summed E-state index contributed by atoms with van der Waals surface area (Å²) in [5, 5.41) is 19.4. The minimum absolute atomic E-state index is 0.0377. The fourth-order valence-electron chi connectivity index (χ4n) is 5.54. The lowest BCUT2D eigenvalue weighted by Gasteiger charge is -2.42. The number of ketones is 2. The molecule has 4 aliphatic carbocycles. The molecule has 1 amide bonds. The van der Waals surface area contributed by atoms with Gasteiger partial charge in [-0.1, -0.05) is 12.1 Å². The van der Waals surface area contributed by atoms with E-state index in [-0.39, 0.29) is 53.1 Å². The molecule has 2 bridgehead atoms. The summed E-state index contributed by atoms with van der Waals surface area (Å²) in [7, 11) is 1.54. The normalized spacial score (nSPS) is 20.6. The van der Waals surface area contributed by atoms with Gasteiger partial charge in [0, 0.05) is 46.5 Å². The van der Waals surface area contributed by atoms with Gasteiger partial charge in [-0.3, -0.25) is 19.2 Å². The first-order valence-corrected chi connectivity index (χ1v) is 13.8. The van der Waals surface area contributed by atoms with Crippen molar-refractivity contribution >= 4 is 57.4 Å². The maximum absolute atomic E-state index is 13.9. The zero-order valence-corrected chi connectivity index (χ0v) is 22.1. The molecule has 0 aliphatic heterocycles. The Morgan fingerprint density at radius 3 is 2.18 bits per heavy atom. The Labute approximate surface area is 226 Å². The number of amides is 1. The highest BCUT2D eigenvalue weighted by molar-refractivity contribution is 8.14. The molecule has 38 heavy (non-hydrogen) atoms. The molecule has 0 unspecified atom stereocenters. The van der Waals surface area contributed by atoms with Crippen molar-refractivity contribution in [1.29, 1.82) is 0 Å². The van der Waals surface area contributed by atoms with Crippen LogP contribution in [0.2, 0.25) is 0 Å². The molecule has 2 aromatic rings. The van der Waals surface area contributed by atoms with Crippen LogP contribution in [-0.2, 0) is 20.8 Å². The molecule has 9 nitrogen and oxygen atoms in total. The molecule has 6 rings (SSSR count). The maximum atomic E-state index is 13.9. The third-order valence-corrected chi connectivity index (χ3v) is 9.26. The van der Waals surface area contributed by atoms with E-state index in [9.17, 15) is 29.1 Å². The molecule has 4 aliphatic rings. The van der Waals surface area contributed by atoms with E-state index in [1.807, 2.05) is 0 Å². The van der Waals surface area contributed by atoms with E-state index < -0.39 is 17.2 Å². The standard InChI is InChI=1S/C27H24N2O7S2/c1-29(27(36)38-26-28-17(12-37-26)10-19(30)31)11-18-20(13-6-8-16(9-7-13)25(34)35)24(33)22-15-4-2-14(3-5-15)21(22)23(18)32/h6-9,12,14-15H,2-5,10-11H2,1H3,(H,30,31)(H,34,35). The third kappa shape index (κ3) is 4.83. The molecule has 1 heterocycles. The van der Waals surface area contributed by atoms with Gasteiger partial charge in [-0.05, 0) is 55.2 Å². The molecule has 196 valence electrons. The van der Waals surface area contributed by atoms with Crippen LogP contribution in [0.5, 0.6) is 0 Å². The Balaban J connectivity index is 1.47. The van der Waals surface area contributed by atoms with Gasteiger partial charge in [0.2, 0.25) is 0 Å². The highest BCUT2D eigenvalue weighted by atomic mass is 32.2. The fourth-order valence-corrected chi connectivity index (χ4v) is 7.16. The monoisotopic (exact) mass is 552 g/mol. The van der Waals surface area contributed by atoms with E-state index in [1.54, 1.807) is 5.38 Å². The van der Waals surface area contributed by atoms with Gasteiger partial charge in [0.05, 0.1) is 24.2 Å². The number of aromatic carboxylic acids is 1. The summed E-state index contributed by atoms with van der Waals surface area (Å²) in [5.74, 6) is -2.45. The SMILES string of the molecule is CN(CC1=C(c2ccc(C(=O)O)cc2)C(=O)C2=C(C1=O)C1CCC2CC1)C(=O)Sc1nc(CC(=O)O)cs1. The number of likely N-dealkylation sites (N-methyl/N-ethyl adjacent to an activating group) is 1. The Bertz CT molecular complexity index is 1430. The van der Waals surface area contributed by atoms with Crippen molar-refractivity contribution in [1.82, 2.24) is 9.88 Å². The lowest BCUT2D eigenvalue weighted by molar-refractivity contribution is -0.136. The summed E-state index contributed by atoms with van der Waals surface area (Å²) in [6, 6.07) is 5.87. The molecule has 1 fully saturated rings. The average molecular weight is 553 g/mol. The average Bonchev–Trinajstić information content (AvgIpc) is 3.33. The number of hydrogen-bond donors (Lipinski definition) is 2. The smallest absolute Gasteiger partial charge is 0.335 e. The van der Waals surface area contributed by atoms with Crippen molar-refractivity contribution in [3.8, 4) is 0 Å². The molecule has 0 radical (unpaired) electrons. The number of benzene rings is 1. The molecule has 2 N–H and O–H groups in total. The van der Waals surface area contributed by atoms with Crippen LogP contribution in [0.25, 0.3) is 5.57 Å². The van der Waals surface area contributed by atoms with Gasteiger partial charge in [-0.15, -0.1) is 11.3 Å². The van der Waals surface area contributed by atoms with Gasteiger partial charge >= 0.3 is 11.9 Å². The summed E-state index contributed by atoms with van der Waals surface area (Å²) in [4.78, 5) is 68.6. The number of aliphatic carboxylic acids is 1. The van der Waals surface area contributed by atoms with Crippen molar-refractivity contribution in [3.05, 3.63) is 63.2 Å². The molecule has 1 aromatic carbocycles. The van der Waals surface area contributed by atoms with Crippen LogP contribution in [0, 0.1) is 11.8 Å². The molecule has 1 aromatic heterocycles. The lowest BCUT2D eigenvalue weighted by Crippen LogP contribution is -2.40. The van der Waals surface area contributed by atoms with E-state index in [2.05, 4.69) is 4.98 Å². The van der Waals surface area contributed by atoms with Crippen LogP contribution in [0.1, 0.15) is 47.3 Å². The number of thiazole rings is 1. The zero-order valence-electron chi connectivity index (χ0n) is 20.4. The van der Waals surface area contributed by atoms with Crippen molar-refractivity contribution in [3.63, 3.8) is 0 Å². The van der Waals surface area contributed by atoms with Gasteiger partial charge in [0.1, 0.15) is 0 Å². The van der Waals surface area contributed by atoms with Crippen LogP contribution >= 0.6 is 23.1 Å². The predicted octanol–water partition coefficient (Wildman–Crippen LogP) is 4.33. The first kappa shape index (κ1) is 26.1. The van der Waals surface area contributed by atoms with Crippen LogP contribution in [0.15, 0.2) is 50.7 Å². The number of nitrogens with zero attached hydrogens (tertiary/aromatic N) is 2. The Kier molecular flexibility index (Phi) is 7.06. The van der Waals surface area contributed by atoms with E-state index in [1.165, 1.54) is 36.2 Å². The lowest BCUT2D eigenvalue weighted by atomic mass is 9.61. The van der Waals surface area contributed by atoms with Crippen molar-refractivity contribution in [2.75, 3.05) is 13.6 Å². The molecular weight excluding hydrogens is 528 g/mol. The number of hydrogen-bond acceptors (Lipinski definition) is 8. The van der Waals surface area contributed by atoms with E-state index in [4.69, 9.17) is 5.11 Å². The summed E-state index contributed by atoms with van der Waals surface area (Å²) >= 11 is 1.99. The van der Waals surface area contributed by atoms with Crippen LogP contribution in [0.4, 0.5) is 4.79 Å². The Hall–Kier alpha value is -3.57. The number of carboxylic acid groups (broad SMARTS) is 2. The highest BCUT2D eigenvalue weighted by Gasteiger charge is 2.46. The number of carboxylic acids is 2. The number of carbonyl (C=O) groups is 5. The summed E-state index contributed by atoms with van der Waals surface area (Å²) in [6.07, 6.45) is 3.23. The van der Waals surface area contributed by atoms with Crippen molar-refractivity contribution in [2.24, 2.45) is 11.8 Å². The quantitative estimate of drug-likeness (QED) is 0.379. The fraction of sp³-hybridized carbons (Fsp3) is 0.333. The molecule has 0 saturated heterocycles. The second-order valence-electron chi connectivity index (χ2n) is 9.67. The minimum Gasteiger partial charge on any atom is -0.481 e. The second kappa shape index (κ2) is 10.3. The molecule has 1 saturated carbocycles. The van der Waals surface area contributed by atoms with Crippen molar-refractivity contribution in [2.45, 2.75) is 36.4 Å². The second-order valence-corrected chi connectivity index (χ2v) is 11.7. The molecule has 0 atom stereocenters. The first-order chi connectivity index (χ1) is 18.1. The summed E-state index contributed by atoms with van der Waals surface area (Å²) in [6.45, 7) is -0.103. The van der Waals surface area contributed by atoms with E-state index >= 15 is 0 Å². The van der Waals surface area contributed by atoms with Crippen molar-refractivity contribution < 1.29 is 34.2 Å². The van der Waals surface area contributed by atoms with Gasteiger partial charge < -0.3 is 15.1 Å². The molecule has 11 heteroatoms. The Morgan fingerprint density at radius 2 is 1.61 bits per heavy atom. The predicted molar refractivity (Wildman–Crippen MR) is 140 cm³/mol. The number of carbonyl (C=O) groups excluding carboxylic acids is 3. The maximum Gasteiger partial charge on any atom is 0.335 e. The number of thioether (sulfide) groups is 1. The number of rotatable bonds is 7. The van der Waals surface area contributed by atoms with E-state index in [0.29, 0.717) is 26.7 Å². The third-order valence-electron chi connectivity index (χ3n) is 7.29. The molecular formula is C27H24N2O7S2. The first-order valence-electron chi connectivity index (χ1n) is 12.1. The summed E-state index contributed by atoms with van der Waals surface area (Å²) in [5.41, 5.74) is 2.50. The summed E-state index contributed by atoms with van der Waals surface area (Å²) < 4.78 is 0.386. The van der Waals surface area contributed by atoms with Gasteiger partial charge in [0.15, 0.2) is 15.9 Å².